The lowest BCUT2D eigenvalue weighted by Gasteiger charge is -2.17. The van der Waals surface area contributed by atoms with E-state index in [0.717, 1.165) is 18.6 Å². The van der Waals surface area contributed by atoms with Crippen LogP contribution in [0.4, 0.5) is 0 Å². The number of nitrogens with one attached hydrogen (secondary N) is 1. The maximum absolute atomic E-state index is 12.3. The van der Waals surface area contributed by atoms with Gasteiger partial charge in [0.25, 0.3) is 5.91 Å². The second-order valence-corrected chi connectivity index (χ2v) is 6.21. The van der Waals surface area contributed by atoms with E-state index in [9.17, 15) is 4.79 Å². The first kappa shape index (κ1) is 17.1. The zero-order valence-electron chi connectivity index (χ0n) is 12.8. The Balaban J connectivity index is 0.00000176. The number of hydrogen-bond donors (Lipinski definition) is 2. The summed E-state index contributed by atoms with van der Waals surface area (Å²) >= 11 is 0. The fourth-order valence-corrected chi connectivity index (χ4v) is 3.03. The van der Waals surface area contributed by atoms with E-state index >= 15 is 0 Å². The van der Waals surface area contributed by atoms with Gasteiger partial charge < -0.3 is 15.8 Å². The smallest absolute Gasteiger partial charge is 0.251 e. The second kappa shape index (κ2) is 7.84. The van der Waals surface area contributed by atoms with E-state index in [1.54, 1.807) is 0 Å². The zero-order valence-corrected chi connectivity index (χ0v) is 13.6. The molecule has 0 aromatic heterocycles. The third-order valence-electron chi connectivity index (χ3n) is 4.46. The maximum atomic E-state index is 12.3. The average molecular weight is 325 g/mol. The third kappa shape index (κ3) is 4.37. The predicted octanol–water partition coefficient (Wildman–Crippen LogP) is 2.90. The van der Waals surface area contributed by atoms with Crippen LogP contribution in [0.25, 0.3) is 0 Å². The lowest BCUT2D eigenvalue weighted by atomic mass is 10.1. The van der Waals surface area contributed by atoms with Gasteiger partial charge in [0.05, 0.1) is 6.10 Å². The summed E-state index contributed by atoms with van der Waals surface area (Å²) in [5.41, 5.74) is 6.40. The quantitative estimate of drug-likeness (QED) is 0.845. The molecule has 0 aliphatic heterocycles. The van der Waals surface area contributed by atoms with Gasteiger partial charge in [-0.2, -0.15) is 0 Å². The Bertz CT molecular complexity index is 499. The first-order valence-corrected chi connectivity index (χ1v) is 8.04. The van der Waals surface area contributed by atoms with Gasteiger partial charge in [0.15, 0.2) is 0 Å². The lowest BCUT2D eigenvalue weighted by molar-refractivity contribution is 0.0932. The Hall–Kier alpha value is -1.26. The van der Waals surface area contributed by atoms with Crippen molar-refractivity contribution < 1.29 is 9.53 Å². The summed E-state index contributed by atoms with van der Waals surface area (Å²) < 4.78 is 5.95. The molecule has 5 heteroatoms. The van der Waals surface area contributed by atoms with E-state index < -0.39 is 0 Å². The van der Waals surface area contributed by atoms with Crippen molar-refractivity contribution in [1.29, 1.82) is 0 Å². The first-order valence-electron chi connectivity index (χ1n) is 8.04. The molecule has 22 heavy (non-hydrogen) atoms. The molecule has 1 aromatic rings. The van der Waals surface area contributed by atoms with Gasteiger partial charge in [-0.05, 0) is 62.6 Å². The average Bonchev–Trinajstić information content (AvgIpc) is 3.22. The van der Waals surface area contributed by atoms with Gasteiger partial charge in [-0.25, -0.2) is 0 Å². The highest BCUT2D eigenvalue weighted by Gasteiger charge is 2.31. The van der Waals surface area contributed by atoms with Crippen LogP contribution in [-0.4, -0.2) is 24.6 Å². The Morgan fingerprint density at radius 1 is 1.27 bits per heavy atom. The van der Waals surface area contributed by atoms with Crippen LogP contribution in [0.2, 0.25) is 0 Å². The van der Waals surface area contributed by atoms with E-state index in [4.69, 9.17) is 10.5 Å². The number of nitrogens with two attached hydrogens (primary N) is 1. The molecule has 0 spiro atoms. The number of hydrogen-bond acceptors (Lipinski definition) is 3. The van der Waals surface area contributed by atoms with Crippen molar-refractivity contribution in [2.45, 2.75) is 50.7 Å². The molecule has 0 saturated heterocycles. The van der Waals surface area contributed by atoms with Crippen molar-refractivity contribution in [2.75, 3.05) is 6.54 Å². The largest absolute Gasteiger partial charge is 0.490 e. The monoisotopic (exact) mass is 324 g/mol. The fraction of sp³-hybridized carbons (Fsp3) is 0.588. The highest BCUT2D eigenvalue weighted by molar-refractivity contribution is 5.94. The van der Waals surface area contributed by atoms with Crippen LogP contribution in [0.3, 0.4) is 0 Å². The summed E-state index contributed by atoms with van der Waals surface area (Å²) in [7, 11) is 0. The number of carbonyl (C=O) groups excluding carboxylic acids is 1. The van der Waals surface area contributed by atoms with Crippen molar-refractivity contribution >= 4 is 18.3 Å². The Morgan fingerprint density at radius 2 is 2.00 bits per heavy atom. The molecule has 3 N–H and O–H groups in total. The molecule has 1 unspecified atom stereocenters. The molecule has 1 amide bonds. The number of halogens is 1. The molecule has 0 bridgehead atoms. The maximum Gasteiger partial charge on any atom is 0.251 e. The van der Waals surface area contributed by atoms with Crippen LogP contribution in [-0.2, 0) is 0 Å². The van der Waals surface area contributed by atoms with E-state index in [2.05, 4.69) is 5.32 Å². The van der Waals surface area contributed by atoms with Gasteiger partial charge in [-0.3, -0.25) is 4.79 Å². The van der Waals surface area contributed by atoms with Crippen LogP contribution >= 0.6 is 12.4 Å². The highest BCUT2D eigenvalue weighted by Crippen LogP contribution is 2.32. The van der Waals surface area contributed by atoms with Crippen molar-refractivity contribution in [3.63, 3.8) is 0 Å². The summed E-state index contributed by atoms with van der Waals surface area (Å²) in [5, 5.41) is 3.05. The minimum absolute atomic E-state index is 0. The molecule has 0 heterocycles. The zero-order chi connectivity index (χ0) is 14.7. The van der Waals surface area contributed by atoms with Crippen molar-refractivity contribution in [3.8, 4) is 5.75 Å². The van der Waals surface area contributed by atoms with Gasteiger partial charge in [0.2, 0.25) is 0 Å². The van der Waals surface area contributed by atoms with Crippen LogP contribution in [0.15, 0.2) is 24.3 Å². The Labute approximate surface area is 138 Å². The van der Waals surface area contributed by atoms with E-state index in [1.807, 2.05) is 24.3 Å². The molecule has 0 radical (unpaired) electrons. The van der Waals surface area contributed by atoms with Crippen LogP contribution in [0, 0.1) is 5.92 Å². The minimum atomic E-state index is -0.0470. The topological polar surface area (TPSA) is 64.3 Å². The number of rotatable bonds is 6. The van der Waals surface area contributed by atoms with Crippen molar-refractivity contribution in [3.05, 3.63) is 29.8 Å². The molecule has 1 aromatic carbocycles. The number of carbonyl (C=O) groups is 1. The van der Waals surface area contributed by atoms with E-state index in [-0.39, 0.29) is 24.4 Å². The SMILES string of the molecule is Cl.NCC(NC(=O)c1cccc(OC2CCCC2)c1)C1CC1. The van der Waals surface area contributed by atoms with Gasteiger partial charge in [-0.15, -0.1) is 12.4 Å². The molecular formula is C17H25ClN2O2. The molecular weight excluding hydrogens is 300 g/mol. The number of ether oxygens (including phenoxy) is 1. The Kier molecular flexibility index (Phi) is 6.09. The van der Waals surface area contributed by atoms with Crippen molar-refractivity contribution in [2.24, 2.45) is 11.7 Å². The minimum Gasteiger partial charge on any atom is -0.490 e. The summed E-state index contributed by atoms with van der Waals surface area (Å²) in [4.78, 5) is 12.3. The summed E-state index contributed by atoms with van der Waals surface area (Å²) in [6.07, 6.45) is 7.38. The molecule has 2 aliphatic rings. The van der Waals surface area contributed by atoms with Gasteiger partial charge in [-0.1, -0.05) is 6.07 Å². The molecule has 2 aliphatic carbocycles. The predicted molar refractivity (Wildman–Crippen MR) is 89.6 cm³/mol. The molecule has 122 valence electrons. The number of benzene rings is 1. The van der Waals surface area contributed by atoms with E-state index in [1.165, 1.54) is 25.7 Å². The van der Waals surface area contributed by atoms with E-state index in [0.29, 0.717) is 24.1 Å². The molecule has 4 nitrogen and oxygen atoms in total. The number of amides is 1. The highest BCUT2D eigenvalue weighted by atomic mass is 35.5. The summed E-state index contributed by atoms with van der Waals surface area (Å²) in [5.74, 6) is 1.32. The van der Waals surface area contributed by atoms with Crippen LogP contribution < -0.4 is 15.8 Å². The summed E-state index contributed by atoms with van der Waals surface area (Å²) in [6.45, 7) is 0.509. The molecule has 2 fully saturated rings. The van der Waals surface area contributed by atoms with Crippen molar-refractivity contribution in [1.82, 2.24) is 5.32 Å². The third-order valence-corrected chi connectivity index (χ3v) is 4.46. The standard InChI is InChI=1S/C17H24N2O2.ClH/c18-11-16(12-8-9-12)19-17(20)13-4-3-7-15(10-13)21-14-5-1-2-6-14;/h3-4,7,10,12,14,16H,1-2,5-6,8-9,11,18H2,(H,19,20);1H. The molecule has 3 rings (SSSR count). The summed E-state index contributed by atoms with van der Waals surface area (Å²) in [6, 6.07) is 7.59. The van der Waals surface area contributed by atoms with Gasteiger partial charge in [0, 0.05) is 18.2 Å². The Morgan fingerprint density at radius 3 is 2.64 bits per heavy atom. The fourth-order valence-electron chi connectivity index (χ4n) is 3.03. The molecule has 1 atom stereocenters. The van der Waals surface area contributed by atoms with Gasteiger partial charge in [0.1, 0.15) is 5.75 Å². The lowest BCUT2D eigenvalue weighted by Crippen LogP contribution is -2.41. The van der Waals surface area contributed by atoms with Crippen LogP contribution in [0.5, 0.6) is 5.75 Å². The second-order valence-electron chi connectivity index (χ2n) is 6.21. The van der Waals surface area contributed by atoms with Crippen LogP contribution in [0.1, 0.15) is 48.9 Å². The van der Waals surface area contributed by atoms with Gasteiger partial charge >= 0.3 is 0 Å². The first-order chi connectivity index (χ1) is 10.3. The normalized spacial score (nSPS) is 19.3. The molecule has 2 saturated carbocycles.